The van der Waals surface area contributed by atoms with Gasteiger partial charge >= 0.3 is 5.97 Å². The smallest absolute Gasteiger partial charge is 0.305 e. The highest BCUT2D eigenvalue weighted by Crippen LogP contribution is 2.23. The Balaban J connectivity index is 1.77. The largest absolute Gasteiger partial charge is 0.481 e. The van der Waals surface area contributed by atoms with Crippen molar-refractivity contribution in [1.29, 1.82) is 0 Å². The van der Waals surface area contributed by atoms with Crippen LogP contribution in [0.15, 0.2) is 24.4 Å². The summed E-state index contributed by atoms with van der Waals surface area (Å²) in [6.07, 6.45) is 2.63. The third kappa shape index (κ3) is 7.45. The van der Waals surface area contributed by atoms with Crippen molar-refractivity contribution in [3.8, 4) is 0 Å². The van der Waals surface area contributed by atoms with Crippen molar-refractivity contribution >= 4 is 46.8 Å². The van der Waals surface area contributed by atoms with Crippen LogP contribution in [-0.4, -0.2) is 81.6 Å². The van der Waals surface area contributed by atoms with Crippen LogP contribution in [0, 0.1) is 12.8 Å². The summed E-state index contributed by atoms with van der Waals surface area (Å²) in [4.78, 5) is 78.7. The third-order valence-electron chi connectivity index (χ3n) is 7.00. The van der Waals surface area contributed by atoms with Gasteiger partial charge in [0.1, 0.15) is 24.4 Å². The Labute approximate surface area is 232 Å². The average Bonchev–Trinajstić information content (AvgIpc) is 3.52. The van der Waals surface area contributed by atoms with Crippen LogP contribution >= 0.6 is 0 Å². The first-order valence-corrected chi connectivity index (χ1v) is 13.3. The highest BCUT2D eigenvalue weighted by Gasteiger charge is 2.40. The maximum atomic E-state index is 13.6. The van der Waals surface area contributed by atoms with Crippen LogP contribution in [-0.2, 0) is 35.2 Å². The quantitative estimate of drug-likeness (QED) is 0.241. The number of likely N-dealkylation sites (tertiary alicyclic amines) is 1. The normalized spacial score (nSPS) is 17.2. The zero-order valence-corrected chi connectivity index (χ0v) is 23.2. The molecule has 4 amide bonds. The van der Waals surface area contributed by atoms with E-state index in [0.29, 0.717) is 19.1 Å². The summed E-state index contributed by atoms with van der Waals surface area (Å²) in [6, 6.07) is 1.86. The maximum Gasteiger partial charge on any atom is 0.305 e. The highest BCUT2D eigenvalue weighted by molar-refractivity contribution is 5.95. The molecule has 1 saturated heterocycles. The van der Waals surface area contributed by atoms with Gasteiger partial charge < -0.3 is 35.7 Å². The SMILES string of the molecule is CC(=O)NC(Cc1c[nH]c2ccc(C)cc12)C(=O)N[C@H](C(=O)N1CCC[C@H]1C(=O)N[C@H](C=O)CC(=O)O)C(C)C. The number of nitrogens with one attached hydrogen (secondary N) is 4. The Hall–Kier alpha value is -4.22. The van der Waals surface area contributed by atoms with Crippen molar-refractivity contribution in [2.75, 3.05) is 6.54 Å². The van der Waals surface area contributed by atoms with E-state index in [2.05, 4.69) is 20.9 Å². The molecular weight excluding hydrogens is 518 g/mol. The van der Waals surface area contributed by atoms with Crippen LogP contribution in [0.1, 0.15) is 51.2 Å². The van der Waals surface area contributed by atoms with Crippen LogP contribution in [0.5, 0.6) is 0 Å². The molecule has 0 spiro atoms. The van der Waals surface area contributed by atoms with Gasteiger partial charge in [0.25, 0.3) is 0 Å². The summed E-state index contributed by atoms with van der Waals surface area (Å²) in [5, 5.41) is 17.8. The molecule has 1 unspecified atom stereocenters. The van der Waals surface area contributed by atoms with Crippen molar-refractivity contribution in [1.82, 2.24) is 25.8 Å². The van der Waals surface area contributed by atoms with Gasteiger partial charge in [0.2, 0.25) is 23.6 Å². The second kappa shape index (κ2) is 13.2. The summed E-state index contributed by atoms with van der Waals surface area (Å²) < 4.78 is 0. The van der Waals surface area contributed by atoms with Gasteiger partial charge in [0.05, 0.1) is 12.5 Å². The summed E-state index contributed by atoms with van der Waals surface area (Å²) >= 11 is 0. The first-order valence-electron chi connectivity index (χ1n) is 13.3. The zero-order valence-electron chi connectivity index (χ0n) is 23.2. The van der Waals surface area contributed by atoms with Gasteiger partial charge in [-0.2, -0.15) is 0 Å². The van der Waals surface area contributed by atoms with Gasteiger partial charge in [-0.1, -0.05) is 25.5 Å². The number of benzene rings is 1. The molecule has 40 heavy (non-hydrogen) atoms. The zero-order chi connectivity index (χ0) is 29.6. The number of carbonyl (C=O) groups is 6. The molecule has 2 aromatic rings. The van der Waals surface area contributed by atoms with Crippen LogP contribution in [0.2, 0.25) is 0 Å². The van der Waals surface area contributed by atoms with Crippen LogP contribution < -0.4 is 16.0 Å². The Morgan fingerprint density at radius 2 is 1.88 bits per heavy atom. The number of carboxylic acid groups (broad SMARTS) is 1. The number of carboxylic acids is 1. The Morgan fingerprint density at radius 1 is 1.15 bits per heavy atom. The minimum atomic E-state index is -1.24. The minimum Gasteiger partial charge on any atom is -0.481 e. The number of aromatic amines is 1. The second-order valence-electron chi connectivity index (χ2n) is 10.6. The van der Waals surface area contributed by atoms with Gasteiger partial charge in [-0.15, -0.1) is 0 Å². The molecule has 12 heteroatoms. The predicted molar refractivity (Wildman–Crippen MR) is 146 cm³/mol. The number of aryl methyl sites for hydroxylation is 1. The number of H-pyrrole nitrogens is 1. The topological polar surface area (TPSA) is 178 Å². The number of aliphatic carboxylic acids is 1. The molecular formula is C28H37N5O7. The molecule has 1 aromatic carbocycles. The third-order valence-corrected chi connectivity index (χ3v) is 7.00. The molecule has 1 aromatic heterocycles. The number of fused-ring (bicyclic) bond motifs is 1. The lowest BCUT2D eigenvalue weighted by molar-refractivity contribution is -0.143. The molecule has 12 nitrogen and oxygen atoms in total. The minimum absolute atomic E-state index is 0.194. The molecule has 4 atom stereocenters. The van der Waals surface area contributed by atoms with Crippen molar-refractivity contribution in [3.05, 3.63) is 35.5 Å². The number of hydrogen-bond acceptors (Lipinski definition) is 6. The molecule has 2 heterocycles. The van der Waals surface area contributed by atoms with Crippen molar-refractivity contribution in [2.45, 2.75) is 77.5 Å². The van der Waals surface area contributed by atoms with Crippen molar-refractivity contribution in [2.24, 2.45) is 5.92 Å². The van der Waals surface area contributed by atoms with Crippen LogP contribution in [0.4, 0.5) is 0 Å². The molecule has 0 bridgehead atoms. The van der Waals surface area contributed by atoms with Gasteiger partial charge in [0.15, 0.2) is 0 Å². The first-order chi connectivity index (χ1) is 18.9. The van der Waals surface area contributed by atoms with Gasteiger partial charge in [-0.3, -0.25) is 24.0 Å². The number of aldehydes is 1. The fourth-order valence-electron chi connectivity index (χ4n) is 4.99. The predicted octanol–water partition coefficient (Wildman–Crippen LogP) is 0.814. The molecule has 5 N–H and O–H groups in total. The van der Waals surface area contributed by atoms with Gasteiger partial charge in [0, 0.05) is 37.0 Å². The van der Waals surface area contributed by atoms with E-state index < -0.39 is 60.2 Å². The molecule has 1 aliphatic rings. The number of nitrogens with zero attached hydrogens (tertiary/aromatic N) is 1. The second-order valence-corrected chi connectivity index (χ2v) is 10.6. The Kier molecular flexibility index (Phi) is 10.0. The number of rotatable bonds is 12. The van der Waals surface area contributed by atoms with Crippen molar-refractivity contribution < 1.29 is 33.9 Å². The Morgan fingerprint density at radius 3 is 2.50 bits per heavy atom. The molecule has 3 rings (SSSR count). The van der Waals surface area contributed by atoms with E-state index in [4.69, 9.17) is 5.11 Å². The summed E-state index contributed by atoms with van der Waals surface area (Å²) in [5.41, 5.74) is 2.78. The standard InChI is InChI=1S/C28H37N5O7/c1-15(2)25(28(40)33-9-5-6-23(33)27(39)31-19(14-34)12-24(36)37)32-26(38)22(30-17(4)35)11-18-13-29-21-8-7-16(3)10-20(18)21/h7-8,10,13-15,19,22-23,25,29H,5-6,9,11-12H2,1-4H3,(H,30,35)(H,31,39)(H,32,38)(H,36,37)/t19-,22?,23-,25-/m0/s1. The van der Waals surface area contributed by atoms with E-state index in [1.165, 1.54) is 11.8 Å². The number of amides is 4. The number of carbonyl (C=O) groups excluding carboxylic acids is 5. The summed E-state index contributed by atoms with van der Waals surface area (Å²) in [6.45, 7) is 7.07. The molecule has 1 fully saturated rings. The summed E-state index contributed by atoms with van der Waals surface area (Å²) in [7, 11) is 0. The van der Waals surface area contributed by atoms with E-state index in [9.17, 15) is 28.8 Å². The van der Waals surface area contributed by atoms with E-state index in [1.807, 2.05) is 25.1 Å². The molecule has 216 valence electrons. The number of hydrogen-bond donors (Lipinski definition) is 5. The fraction of sp³-hybridized carbons (Fsp3) is 0.500. The van der Waals surface area contributed by atoms with E-state index in [-0.39, 0.29) is 18.9 Å². The van der Waals surface area contributed by atoms with E-state index >= 15 is 0 Å². The molecule has 0 aliphatic carbocycles. The van der Waals surface area contributed by atoms with Gasteiger partial charge in [-0.25, -0.2) is 0 Å². The van der Waals surface area contributed by atoms with Crippen LogP contribution in [0.3, 0.4) is 0 Å². The lowest BCUT2D eigenvalue weighted by Gasteiger charge is -2.31. The molecule has 0 saturated carbocycles. The average molecular weight is 556 g/mol. The monoisotopic (exact) mass is 555 g/mol. The fourth-order valence-corrected chi connectivity index (χ4v) is 4.99. The molecule has 0 radical (unpaired) electrons. The van der Waals surface area contributed by atoms with E-state index in [0.717, 1.165) is 22.0 Å². The first kappa shape index (κ1) is 30.3. The highest BCUT2D eigenvalue weighted by atomic mass is 16.4. The van der Waals surface area contributed by atoms with Crippen LogP contribution in [0.25, 0.3) is 10.9 Å². The number of aromatic nitrogens is 1. The summed E-state index contributed by atoms with van der Waals surface area (Å²) in [5.74, 6) is -3.60. The lowest BCUT2D eigenvalue weighted by Crippen LogP contribution is -2.58. The molecule has 1 aliphatic heterocycles. The maximum absolute atomic E-state index is 13.6. The van der Waals surface area contributed by atoms with Crippen molar-refractivity contribution in [3.63, 3.8) is 0 Å². The Bertz CT molecular complexity index is 1290. The van der Waals surface area contributed by atoms with E-state index in [1.54, 1.807) is 20.0 Å². The van der Waals surface area contributed by atoms with Gasteiger partial charge in [-0.05, 0) is 43.4 Å². The lowest BCUT2D eigenvalue weighted by atomic mass is 9.99.